The average molecular weight is 483 g/mol. The normalized spacial score (nSPS) is 20.2. The molecule has 2 rings (SSSR count). The van der Waals surface area contributed by atoms with Gasteiger partial charge in [0.05, 0.1) is 0 Å². The van der Waals surface area contributed by atoms with Crippen LogP contribution >= 0.6 is 0 Å². The molecule has 3 N–H and O–H groups in total. The molecule has 0 aromatic heterocycles. The average Bonchev–Trinajstić information content (AvgIpc) is 2.84. The van der Waals surface area contributed by atoms with Gasteiger partial charge in [0.25, 0.3) is 0 Å². The number of aliphatic hydroxyl groups is 1. The Hall–Kier alpha value is -3.17. The zero-order valence-electron chi connectivity index (χ0n) is 21.6. The smallest absolute Gasteiger partial charge is 0.247 e. The molecule has 0 saturated heterocycles. The molecule has 35 heavy (non-hydrogen) atoms. The van der Waals surface area contributed by atoms with Crippen LogP contribution in [0.1, 0.15) is 64.5 Å². The fourth-order valence-corrected chi connectivity index (χ4v) is 3.95. The number of unbranched alkanes of at least 4 members (excludes halogenated alkanes) is 1. The number of aliphatic hydroxyl groups excluding tert-OH is 1. The SMILES string of the molecule is C#CC.CC/C1=C(C(C)C=O)/C=C/CNc2cc(F)c(C)cc2/C(CCCCO)=C(\C)CNC1=O. The summed E-state index contributed by atoms with van der Waals surface area (Å²) in [5.41, 5.74) is 5.46. The lowest BCUT2D eigenvalue weighted by atomic mass is 9.92. The lowest BCUT2D eigenvalue weighted by Crippen LogP contribution is -2.28. The molecule has 6 heteroatoms. The lowest BCUT2D eigenvalue weighted by molar-refractivity contribution is -0.117. The number of carbonyl (C=O) groups excluding carboxylic acids is 2. The van der Waals surface area contributed by atoms with Crippen LogP contribution in [0, 0.1) is 31.0 Å². The molecule has 0 saturated carbocycles. The minimum Gasteiger partial charge on any atom is -0.396 e. The van der Waals surface area contributed by atoms with Crippen LogP contribution in [0.4, 0.5) is 10.1 Å². The second kappa shape index (κ2) is 15.7. The molecule has 1 unspecified atom stereocenters. The van der Waals surface area contributed by atoms with Crippen molar-refractivity contribution in [3.05, 3.63) is 57.9 Å². The number of amides is 1. The number of benzene rings is 1. The van der Waals surface area contributed by atoms with Crippen LogP contribution < -0.4 is 10.6 Å². The molecule has 0 spiro atoms. The van der Waals surface area contributed by atoms with Gasteiger partial charge in [-0.3, -0.25) is 4.79 Å². The first kappa shape index (κ1) is 29.9. The largest absolute Gasteiger partial charge is 0.396 e. The van der Waals surface area contributed by atoms with Gasteiger partial charge in [-0.05, 0) is 75.3 Å². The van der Waals surface area contributed by atoms with Crippen molar-refractivity contribution in [2.45, 2.75) is 60.3 Å². The Bertz CT molecular complexity index is 1020. The summed E-state index contributed by atoms with van der Waals surface area (Å²) in [5.74, 6) is 1.38. The van der Waals surface area contributed by atoms with Crippen molar-refractivity contribution in [3.8, 4) is 12.3 Å². The number of aldehydes is 1. The summed E-state index contributed by atoms with van der Waals surface area (Å²) in [5, 5.41) is 15.5. The summed E-state index contributed by atoms with van der Waals surface area (Å²) in [6.45, 7) is 9.93. The van der Waals surface area contributed by atoms with Gasteiger partial charge >= 0.3 is 0 Å². The van der Waals surface area contributed by atoms with E-state index < -0.39 is 5.92 Å². The van der Waals surface area contributed by atoms with Gasteiger partial charge in [0, 0.05) is 42.4 Å². The second-order valence-electron chi connectivity index (χ2n) is 8.55. The van der Waals surface area contributed by atoms with E-state index in [1.54, 1.807) is 20.8 Å². The molecule has 1 aromatic carbocycles. The summed E-state index contributed by atoms with van der Waals surface area (Å²) in [7, 11) is 0. The molecule has 0 aliphatic carbocycles. The highest BCUT2D eigenvalue weighted by Gasteiger charge is 2.19. The molecule has 1 heterocycles. The third-order valence-electron chi connectivity index (χ3n) is 5.87. The molecule has 1 aromatic rings. The highest BCUT2D eigenvalue weighted by Crippen LogP contribution is 2.33. The predicted octanol–water partition coefficient (Wildman–Crippen LogP) is 5.35. The standard InChI is InChI=1S/C26H35FN2O3.C3H4/c1-5-20-22(19(4)16-31)10-8-11-28-25-14-24(27)17(2)13-23(25)21(9-6-7-12-30)18(3)15-29-26(20)32;1-3-2/h8,10,13-14,16,19,28,30H,5-7,9,11-12,15H2,1-4H3,(H,29,32);1H,2H3/b10-8+,21-18+,22-20+;. The maximum absolute atomic E-state index is 14.4. The third kappa shape index (κ3) is 8.84. The number of rotatable bonds is 7. The number of anilines is 1. The molecular formula is C29H39FN2O3. The molecule has 1 amide bonds. The Labute approximate surface area is 209 Å². The van der Waals surface area contributed by atoms with Crippen LogP contribution in [0.5, 0.6) is 0 Å². The molecule has 1 atom stereocenters. The maximum atomic E-state index is 14.4. The summed E-state index contributed by atoms with van der Waals surface area (Å²) in [6, 6.07) is 3.36. The molecule has 5 nitrogen and oxygen atoms in total. The third-order valence-corrected chi connectivity index (χ3v) is 5.87. The van der Waals surface area contributed by atoms with Gasteiger partial charge in [-0.2, -0.15) is 0 Å². The van der Waals surface area contributed by atoms with Gasteiger partial charge in [0.15, 0.2) is 0 Å². The second-order valence-corrected chi connectivity index (χ2v) is 8.55. The van der Waals surface area contributed by atoms with E-state index in [0.29, 0.717) is 54.7 Å². The summed E-state index contributed by atoms with van der Waals surface area (Å²) < 4.78 is 14.4. The van der Waals surface area contributed by atoms with Crippen LogP contribution in [0.3, 0.4) is 0 Å². The molecular weight excluding hydrogens is 443 g/mol. The lowest BCUT2D eigenvalue weighted by Gasteiger charge is -2.19. The van der Waals surface area contributed by atoms with Gasteiger partial charge in [-0.1, -0.05) is 31.6 Å². The summed E-state index contributed by atoms with van der Waals surface area (Å²) in [6.07, 6.45) is 11.8. The van der Waals surface area contributed by atoms with E-state index in [0.717, 1.165) is 29.4 Å². The van der Waals surface area contributed by atoms with Crippen molar-refractivity contribution in [2.24, 2.45) is 5.92 Å². The Kier molecular flexibility index (Phi) is 13.4. The Balaban J connectivity index is 0.00000194. The first-order chi connectivity index (χ1) is 16.7. The van der Waals surface area contributed by atoms with E-state index in [1.807, 2.05) is 32.1 Å². The monoisotopic (exact) mass is 482 g/mol. The van der Waals surface area contributed by atoms with Crippen molar-refractivity contribution in [2.75, 3.05) is 25.0 Å². The zero-order valence-corrected chi connectivity index (χ0v) is 21.6. The van der Waals surface area contributed by atoms with E-state index >= 15 is 0 Å². The van der Waals surface area contributed by atoms with Crippen molar-refractivity contribution in [1.82, 2.24) is 5.32 Å². The van der Waals surface area contributed by atoms with Gasteiger partial charge < -0.3 is 20.5 Å². The minimum atomic E-state index is -0.407. The minimum absolute atomic E-state index is 0.115. The number of fused-ring (bicyclic) bond motifs is 1. The van der Waals surface area contributed by atoms with Crippen molar-refractivity contribution >= 4 is 23.5 Å². The van der Waals surface area contributed by atoms with E-state index in [-0.39, 0.29) is 18.3 Å². The molecule has 0 bridgehead atoms. The number of nitrogens with one attached hydrogen (secondary N) is 2. The Morgan fingerprint density at radius 2 is 1.91 bits per heavy atom. The van der Waals surface area contributed by atoms with E-state index in [2.05, 4.69) is 23.0 Å². The fourth-order valence-electron chi connectivity index (χ4n) is 3.95. The Morgan fingerprint density at radius 3 is 2.51 bits per heavy atom. The predicted molar refractivity (Wildman–Crippen MR) is 142 cm³/mol. The zero-order chi connectivity index (χ0) is 26.4. The van der Waals surface area contributed by atoms with Crippen LogP contribution in [0.25, 0.3) is 5.57 Å². The topological polar surface area (TPSA) is 78.4 Å². The number of allylic oxidation sites excluding steroid dienone is 3. The molecule has 0 radical (unpaired) electrons. The van der Waals surface area contributed by atoms with Crippen molar-refractivity contribution in [1.29, 1.82) is 0 Å². The first-order valence-corrected chi connectivity index (χ1v) is 12.1. The fraction of sp³-hybridized carbons (Fsp3) is 0.448. The summed E-state index contributed by atoms with van der Waals surface area (Å²) >= 11 is 0. The first-order valence-electron chi connectivity index (χ1n) is 12.1. The van der Waals surface area contributed by atoms with E-state index in [4.69, 9.17) is 0 Å². The highest BCUT2D eigenvalue weighted by atomic mass is 19.1. The van der Waals surface area contributed by atoms with Gasteiger partial charge in [0.1, 0.15) is 12.1 Å². The van der Waals surface area contributed by atoms with Gasteiger partial charge in [-0.25, -0.2) is 4.39 Å². The van der Waals surface area contributed by atoms with E-state index in [1.165, 1.54) is 6.07 Å². The number of terminal acetylenes is 1. The number of aryl methyl sites for hydroxylation is 1. The van der Waals surface area contributed by atoms with Crippen LogP contribution in [-0.4, -0.2) is 37.0 Å². The van der Waals surface area contributed by atoms with Crippen LogP contribution in [-0.2, 0) is 9.59 Å². The number of carbonyl (C=O) groups is 2. The number of hydrogen-bond donors (Lipinski definition) is 3. The maximum Gasteiger partial charge on any atom is 0.247 e. The van der Waals surface area contributed by atoms with Gasteiger partial charge in [-0.15, -0.1) is 12.3 Å². The molecule has 0 fully saturated rings. The molecule has 1 aliphatic rings. The quantitative estimate of drug-likeness (QED) is 0.278. The van der Waals surface area contributed by atoms with Crippen LogP contribution in [0.2, 0.25) is 0 Å². The highest BCUT2D eigenvalue weighted by molar-refractivity contribution is 5.95. The Morgan fingerprint density at radius 1 is 1.23 bits per heavy atom. The number of halogens is 1. The van der Waals surface area contributed by atoms with Crippen molar-refractivity contribution in [3.63, 3.8) is 0 Å². The summed E-state index contributed by atoms with van der Waals surface area (Å²) in [4.78, 5) is 24.5. The molecule has 1 aliphatic heterocycles. The van der Waals surface area contributed by atoms with E-state index in [9.17, 15) is 19.1 Å². The van der Waals surface area contributed by atoms with Crippen molar-refractivity contribution < 1.29 is 19.1 Å². The van der Waals surface area contributed by atoms with Crippen LogP contribution in [0.15, 0.2) is 41.0 Å². The molecule has 190 valence electrons. The van der Waals surface area contributed by atoms with Gasteiger partial charge in [0.2, 0.25) is 5.91 Å². The number of hydrogen-bond acceptors (Lipinski definition) is 4.